The Labute approximate surface area is 91.4 Å². The van der Waals surface area contributed by atoms with Gasteiger partial charge in [-0.25, -0.2) is 0 Å². The third-order valence-electron chi connectivity index (χ3n) is 3.31. The summed E-state index contributed by atoms with van der Waals surface area (Å²) in [4.78, 5) is 11.3. The second kappa shape index (κ2) is 5.91. The Morgan fingerprint density at radius 2 is 2.20 bits per heavy atom. The number of ether oxygens (including phenoxy) is 2. The fourth-order valence-electron chi connectivity index (χ4n) is 2.48. The summed E-state index contributed by atoms with van der Waals surface area (Å²) >= 11 is 0. The zero-order valence-electron chi connectivity index (χ0n) is 9.57. The highest BCUT2D eigenvalue weighted by Crippen LogP contribution is 2.38. The highest BCUT2D eigenvalue weighted by atomic mass is 16.5. The van der Waals surface area contributed by atoms with Crippen LogP contribution in [0.25, 0.3) is 0 Å². The van der Waals surface area contributed by atoms with E-state index in [-0.39, 0.29) is 12.1 Å². The Hall–Kier alpha value is -0.830. The molecular formula is C12H20O3. The average Bonchev–Trinajstić information content (AvgIpc) is 2.61. The SMILES string of the molecule is C=CC[C@@H]1CC[C@@H](OC)[C@@H]1CC(=O)OC. The first-order valence-corrected chi connectivity index (χ1v) is 5.43. The largest absolute Gasteiger partial charge is 0.469 e. The molecule has 3 atom stereocenters. The summed E-state index contributed by atoms with van der Waals surface area (Å²) in [7, 11) is 3.15. The minimum absolute atomic E-state index is 0.141. The lowest BCUT2D eigenvalue weighted by atomic mass is 9.89. The molecule has 0 N–H and O–H groups in total. The van der Waals surface area contributed by atoms with Crippen molar-refractivity contribution >= 4 is 5.97 Å². The molecule has 0 heterocycles. The Morgan fingerprint density at radius 1 is 1.47 bits per heavy atom. The molecule has 3 nitrogen and oxygen atoms in total. The summed E-state index contributed by atoms with van der Waals surface area (Å²) in [6.07, 6.45) is 5.71. The molecule has 0 amide bonds. The van der Waals surface area contributed by atoms with Crippen molar-refractivity contribution in [2.24, 2.45) is 11.8 Å². The Kier molecular flexibility index (Phi) is 4.82. The second-order valence-corrected chi connectivity index (χ2v) is 4.08. The minimum atomic E-state index is -0.141. The molecule has 1 rings (SSSR count). The number of carbonyl (C=O) groups excluding carboxylic acids is 1. The van der Waals surface area contributed by atoms with Crippen LogP contribution in [0.3, 0.4) is 0 Å². The minimum Gasteiger partial charge on any atom is -0.469 e. The summed E-state index contributed by atoms with van der Waals surface area (Å²) in [5, 5.41) is 0. The summed E-state index contributed by atoms with van der Waals surface area (Å²) in [6.45, 7) is 3.75. The molecule has 0 radical (unpaired) electrons. The number of hydrogen-bond donors (Lipinski definition) is 0. The number of esters is 1. The maximum Gasteiger partial charge on any atom is 0.305 e. The van der Waals surface area contributed by atoms with Gasteiger partial charge in [-0.15, -0.1) is 6.58 Å². The van der Waals surface area contributed by atoms with Crippen LogP contribution in [0.15, 0.2) is 12.7 Å². The van der Waals surface area contributed by atoms with E-state index in [1.165, 1.54) is 7.11 Å². The molecule has 3 heteroatoms. The lowest BCUT2D eigenvalue weighted by Crippen LogP contribution is -2.24. The van der Waals surface area contributed by atoms with E-state index in [0.29, 0.717) is 18.3 Å². The highest BCUT2D eigenvalue weighted by molar-refractivity contribution is 5.69. The van der Waals surface area contributed by atoms with Crippen molar-refractivity contribution in [2.45, 2.75) is 31.8 Å². The van der Waals surface area contributed by atoms with Gasteiger partial charge in [0.1, 0.15) is 0 Å². The molecule has 0 aromatic heterocycles. The molecule has 1 aliphatic carbocycles. The van der Waals surface area contributed by atoms with Gasteiger partial charge in [0.05, 0.1) is 19.6 Å². The van der Waals surface area contributed by atoms with Crippen molar-refractivity contribution in [2.75, 3.05) is 14.2 Å². The van der Waals surface area contributed by atoms with Crippen molar-refractivity contribution < 1.29 is 14.3 Å². The molecule has 0 spiro atoms. The van der Waals surface area contributed by atoms with Gasteiger partial charge >= 0.3 is 5.97 Å². The van der Waals surface area contributed by atoms with Crippen molar-refractivity contribution in [1.82, 2.24) is 0 Å². The normalized spacial score (nSPS) is 30.1. The van der Waals surface area contributed by atoms with Gasteiger partial charge in [0.2, 0.25) is 0 Å². The van der Waals surface area contributed by atoms with Crippen molar-refractivity contribution in [3.8, 4) is 0 Å². The smallest absolute Gasteiger partial charge is 0.305 e. The first-order chi connectivity index (χ1) is 7.22. The molecule has 1 fully saturated rings. The van der Waals surface area contributed by atoms with Crippen LogP contribution in [-0.2, 0) is 14.3 Å². The maximum atomic E-state index is 11.3. The molecule has 0 aromatic rings. The van der Waals surface area contributed by atoms with Crippen molar-refractivity contribution in [3.63, 3.8) is 0 Å². The molecule has 0 bridgehead atoms. The lowest BCUT2D eigenvalue weighted by Gasteiger charge is -2.22. The number of carbonyl (C=O) groups is 1. The fraction of sp³-hybridized carbons (Fsp3) is 0.750. The van der Waals surface area contributed by atoms with Gasteiger partial charge in [-0.2, -0.15) is 0 Å². The number of rotatable bonds is 5. The van der Waals surface area contributed by atoms with Crippen molar-refractivity contribution in [3.05, 3.63) is 12.7 Å². The lowest BCUT2D eigenvalue weighted by molar-refractivity contribution is -0.143. The van der Waals surface area contributed by atoms with Crippen LogP contribution in [0.5, 0.6) is 0 Å². The summed E-state index contributed by atoms with van der Waals surface area (Å²) in [6, 6.07) is 0. The molecule has 0 aliphatic heterocycles. The first kappa shape index (κ1) is 12.2. The van der Waals surface area contributed by atoms with E-state index in [4.69, 9.17) is 9.47 Å². The van der Waals surface area contributed by atoms with Crippen LogP contribution < -0.4 is 0 Å². The number of methoxy groups -OCH3 is 2. The fourth-order valence-corrected chi connectivity index (χ4v) is 2.48. The van der Waals surface area contributed by atoms with Crippen LogP contribution in [0.2, 0.25) is 0 Å². The van der Waals surface area contributed by atoms with Gasteiger partial charge < -0.3 is 9.47 Å². The van der Waals surface area contributed by atoms with Crippen LogP contribution in [0.4, 0.5) is 0 Å². The summed E-state index contributed by atoms with van der Waals surface area (Å²) in [5.74, 6) is 0.671. The number of allylic oxidation sites excluding steroid dienone is 1. The van der Waals surface area contributed by atoms with E-state index in [1.807, 2.05) is 6.08 Å². The molecule has 86 valence electrons. The van der Waals surface area contributed by atoms with E-state index in [9.17, 15) is 4.79 Å². The van der Waals surface area contributed by atoms with Gasteiger partial charge in [-0.05, 0) is 31.1 Å². The van der Waals surface area contributed by atoms with Gasteiger partial charge in [0.25, 0.3) is 0 Å². The molecule has 0 aromatic carbocycles. The number of hydrogen-bond acceptors (Lipinski definition) is 3. The van der Waals surface area contributed by atoms with Gasteiger partial charge in [-0.3, -0.25) is 4.79 Å². The monoisotopic (exact) mass is 212 g/mol. The molecular weight excluding hydrogens is 192 g/mol. The average molecular weight is 212 g/mol. The molecule has 15 heavy (non-hydrogen) atoms. The van der Waals surface area contributed by atoms with E-state index in [0.717, 1.165) is 19.3 Å². The molecule has 1 saturated carbocycles. The quantitative estimate of drug-likeness (QED) is 0.517. The van der Waals surface area contributed by atoms with Gasteiger partial charge in [-0.1, -0.05) is 6.08 Å². The second-order valence-electron chi connectivity index (χ2n) is 4.08. The summed E-state index contributed by atoms with van der Waals surface area (Å²) in [5.41, 5.74) is 0. The summed E-state index contributed by atoms with van der Waals surface area (Å²) < 4.78 is 10.1. The zero-order valence-corrected chi connectivity index (χ0v) is 9.57. The van der Waals surface area contributed by atoms with E-state index in [1.54, 1.807) is 7.11 Å². The van der Waals surface area contributed by atoms with Crippen LogP contribution >= 0.6 is 0 Å². The molecule has 1 aliphatic rings. The van der Waals surface area contributed by atoms with E-state index < -0.39 is 0 Å². The highest BCUT2D eigenvalue weighted by Gasteiger charge is 2.36. The molecule has 0 saturated heterocycles. The van der Waals surface area contributed by atoms with E-state index in [2.05, 4.69) is 6.58 Å². The van der Waals surface area contributed by atoms with E-state index >= 15 is 0 Å². The third-order valence-corrected chi connectivity index (χ3v) is 3.31. The Bertz CT molecular complexity index is 225. The standard InChI is InChI=1S/C12H20O3/c1-4-5-9-6-7-11(14-2)10(9)8-12(13)15-3/h4,9-11H,1,5-8H2,2-3H3/t9-,10-,11-/m1/s1. The van der Waals surface area contributed by atoms with Crippen LogP contribution in [0.1, 0.15) is 25.7 Å². The van der Waals surface area contributed by atoms with Crippen LogP contribution in [-0.4, -0.2) is 26.3 Å². The topological polar surface area (TPSA) is 35.5 Å². The van der Waals surface area contributed by atoms with Crippen molar-refractivity contribution in [1.29, 1.82) is 0 Å². The Balaban J connectivity index is 2.58. The Morgan fingerprint density at radius 3 is 2.73 bits per heavy atom. The molecule has 0 unspecified atom stereocenters. The van der Waals surface area contributed by atoms with Gasteiger partial charge in [0.15, 0.2) is 0 Å². The maximum absolute atomic E-state index is 11.3. The zero-order chi connectivity index (χ0) is 11.3. The first-order valence-electron chi connectivity index (χ1n) is 5.43. The predicted octanol–water partition coefficient (Wildman–Crippen LogP) is 2.17. The van der Waals surface area contributed by atoms with Crippen LogP contribution in [0, 0.1) is 11.8 Å². The van der Waals surface area contributed by atoms with Gasteiger partial charge in [0, 0.05) is 7.11 Å². The third kappa shape index (κ3) is 3.06. The predicted molar refractivity (Wildman–Crippen MR) is 58.5 cm³/mol.